The van der Waals surface area contributed by atoms with Gasteiger partial charge in [0, 0.05) is 36.5 Å². The Labute approximate surface area is 212 Å². The molecule has 2 amide bonds. The lowest BCUT2D eigenvalue weighted by Gasteiger charge is -2.33. The second kappa shape index (κ2) is 11.1. The van der Waals surface area contributed by atoms with Crippen LogP contribution < -0.4 is 5.32 Å². The highest BCUT2D eigenvalue weighted by Gasteiger charge is 2.36. The molecule has 0 radical (unpaired) electrons. The van der Waals surface area contributed by atoms with Crippen molar-refractivity contribution in [2.45, 2.75) is 38.4 Å². The second-order valence-corrected chi connectivity index (χ2v) is 12.3. The van der Waals surface area contributed by atoms with E-state index in [0.29, 0.717) is 24.6 Å². The summed E-state index contributed by atoms with van der Waals surface area (Å²) in [6.45, 7) is 3.56. The number of benzene rings is 2. The van der Waals surface area contributed by atoms with Crippen LogP contribution in [-0.4, -0.2) is 67.7 Å². The minimum absolute atomic E-state index is 0.0858. The molecule has 0 spiro atoms. The summed E-state index contributed by atoms with van der Waals surface area (Å²) in [7, 11) is -3.27. The van der Waals surface area contributed by atoms with Gasteiger partial charge in [0.15, 0.2) is 0 Å². The molecule has 2 aliphatic heterocycles. The summed E-state index contributed by atoms with van der Waals surface area (Å²) in [5.74, 6) is -0.302. The molecule has 9 heteroatoms. The van der Waals surface area contributed by atoms with Crippen LogP contribution in [0.1, 0.15) is 40.7 Å². The van der Waals surface area contributed by atoms with Gasteiger partial charge in [0.2, 0.25) is 5.91 Å². The molecule has 1 saturated heterocycles. The molecule has 2 heterocycles. The van der Waals surface area contributed by atoms with Gasteiger partial charge in [0.25, 0.3) is 5.91 Å². The van der Waals surface area contributed by atoms with E-state index in [9.17, 15) is 18.0 Å². The molecule has 1 N–H and O–H groups in total. The van der Waals surface area contributed by atoms with Crippen LogP contribution in [0.5, 0.6) is 0 Å². The normalized spacial score (nSPS) is 17.9. The highest BCUT2D eigenvalue weighted by atomic mass is 35.5. The summed E-state index contributed by atoms with van der Waals surface area (Å²) in [5.41, 5.74) is 2.63. The van der Waals surface area contributed by atoms with Crippen LogP contribution in [0.4, 0.5) is 0 Å². The van der Waals surface area contributed by atoms with Crippen molar-refractivity contribution in [2.24, 2.45) is 5.92 Å². The van der Waals surface area contributed by atoms with Crippen molar-refractivity contribution in [1.29, 1.82) is 0 Å². The Morgan fingerprint density at radius 1 is 1.14 bits per heavy atom. The van der Waals surface area contributed by atoms with E-state index in [0.717, 1.165) is 49.3 Å². The Bertz CT molecular complexity index is 1180. The molecule has 35 heavy (non-hydrogen) atoms. The molecule has 2 aromatic rings. The van der Waals surface area contributed by atoms with E-state index in [1.165, 1.54) is 10.5 Å². The first-order chi connectivity index (χ1) is 16.7. The lowest BCUT2D eigenvalue weighted by atomic mass is 9.96. The number of hydrogen-bond acceptors (Lipinski definition) is 5. The Kier molecular flexibility index (Phi) is 8.14. The van der Waals surface area contributed by atoms with E-state index >= 15 is 0 Å². The predicted molar refractivity (Wildman–Crippen MR) is 137 cm³/mol. The molecule has 2 aliphatic rings. The van der Waals surface area contributed by atoms with Gasteiger partial charge in [-0.3, -0.25) is 14.5 Å². The largest absolute Gasteiger partial charge is 0.354 e. The van der Waals surface area contributed by atoms with Crippen molar-refractivity contribution in [3.8, 4) is 0 Å². The van der Waals surface area contributed by atoms with Gasteiger partial charge in [-0.1, -0.05) is 41.9 Å². The summed E-state index contributed by atoms with van der Waals surface area (Å²) in [6.07, 6.45) is 3.16. The number of rotatable bonds is 9. The Hall–Kier alpha value is -2.42. The van der Waals surface area contributed by atoms with Crippen LogP contribution in [0.2, 0.25) is 5.02 Å². The number of likely N-dealkylation sites (tertiary alicyclic amines) is 1. The average molecular weight is 518 g/mol. The number of halogens is 1. The SMILES string of the molecule is CS(=O)(=O)CC[C@H](C(=O)NCC1CCN(Cc2cccc(Cl)c2)CC1)N1Cc2ccccc2C1=O. The van der Waals surface area contributed by atoms with E-state index in [4.69, 9.17) is 11.6 Å². The fraction of sp³-hybridized carbons (Fsp3) is 0.462. The Morgan fingerprint density at radius 3 is 2.57 bits per heavy atom. The van der Waals surface area contributed by atoms with Gasteiger partial charge in [-0.2, -0.15) is 0 Å². The lowest BCUT2D eigenvalue weighted by molar-refractivity contribution is -0.126. The second-order valence-electron chi connectivity index (χ2n) is 9.62. The third-order valence-corrected chi connectivity index (χ3v) is 8.07. The smallest absolute Gasteiger partial charge is 0.255 e. The first-order valence-corrected chi connectivity index (χ1v) is 14.4. The van der Waals surface area contributed by atoms with Crippen LogP contribution in [-0.2, 0) is 27.7 Å². The molecule has 1 fully saturated rings. The fourth-order valence-electron chi connectivity index (χ4n) is 4.89. The minimum atomic E-state index is -3.27. The maximum atomic E-state index is 13.2. The van der Waals surface area contributed by atoms with Gasteiger partial charge in [-0.25, -0.2) is 8.42 Å². The molecule has 0 bridgehead atoms. The van der Waals surface area contributed by atoms with Crippen LogP contribution in [0.15, 0.2) is 48.5 Å². The molecule has 188 valence electrons. The number of carbonyl (C=O) groups is 2. The third-order valence-electron chi connectivity index (χ3n) is 6.86. The van der Waals surface area contributed by atoms with Crippen LogP contribution in [0.25, 0.3) is 0 Å². The first-order valence-electron chi connectivity index (χ1n) is 12.0. The van der Waals surface area contributed by atoms with E-state index in [-0.39, 0.29) is 24.0 Å². The number of nitrogens with one attached hydrogen (secondary N) is 1. The van der Waals surface area contributed by atoms with Crippen LogP contribution >= 0.6 is 11.6 Å². The maximum Gasteiger partial charge on any atom is 0.255 e. The Morgan fingerprint density at radius 2 is 1.89 bits per heavy atom. The van der Waals surface area contributed by atoms with E-state index < -0.39 is 15.9 Å². The molecule has 7 nitrogen and oxygen atoms in total. The van der Waals surface area contributed by atoms with Crippen molar-refractivity contribution >= 4 is 33.3 Å². The third kappa shape index (κ3) is 6.84. The molecule has 2 aromatic carbocycles. The molecule has 0 unspecified atom stereocenters. The van der Waals surface area contributed by atoms with Gasteiger partial charge in [-0.05, 0) is 67.6 Å². The Balaban J connectivity index is 1.32. The molecular weight excluding hydrogens is 486 g/mol. The summed E-state index contributed by atoms with van der Waals surface area (Å²) in [4.78, 5) is 30.1. The molecule has 1 atom stereocenters. The zero-order valence-electron chi connectivity index (χ0n) is 20.0. The van der Waals surface area contributed by atoms with E-state index in [1.54, 1.807) is 12.1 Å². The quantitative estimate of drug-likeness (QED) is 0.552. The number of sulfone groups is 1. The number of nitrogens with zero attached hydrogens (tertiary/aromatic N) is 2. The summed E-state index contributed by atoms with van der Waals surface area (Å²) >= 11 is 6.10. The highest BCUT2D eigenvalue weighted by molar-refractivity contribution is 7.90. The summed E-state index contributed by atoms with van der Waals surface area (Å²) < 4.78 is 23.6. The monoisotopic (exact) mass is 517 g/mol. The molecule has 0 saturated carbocycles. The van der Waals surface area contributed by atoms with E-state index in [2.05, 4.69) is 16.3 Å². The van der Waals surface area contributed by atoms with Gasteiger partial charge in [0.1, 0.15) is 15.9 Å². The summed E-state index contributed by atoms with van der Waals surface area (Å²) in [6, 6.07) is 14.4. The van der Waals surface area contributed by atoms with Crippen molar-refractivity contribution < 1.29 is 18.0 Å². The van der Waals surface area contributed by atoms with Gasteiger partial charge < -0.3 is 10.2 Å². The number of hydrogen-bond donors (Lipinski definition) is 1. The number of amides is 2. The predicted octanol–water partition coefficient (Wildman–Crippen LogP) is 3.13. The molecular formula is C26H32ClN3O4S. The number of piperidine rings is 1. The van der Waals surface area contributed by atoms with Crippen molar-refractivity contribution in [3.63, 3.8) is 0 Å². The van der Waals surface area contributed by atoms with E-state index in [1.807, 2.05) is 30.3 Å². The maximum absolute atomic E-state index is 13.2. The number of carbonyl (C=O) groups excluding carboxylic acids is 2. The van der Waals surface area contributed by atoms with Gasteiger partial charge in [0.05, 0.1) is 5.75 Å². The van der Waals surface area contributed by atoms with Gasteiger partial charge in [-0.15, -0.1) is 0 Å². The van der Waals surface area contributed by atoms with Crippen LogP contribution in [0, 0.1) is 5.92 Å². The van der Waals surface area contributed by atoms with Gasteiger partial charge >= 0.3 is 0 Å². The topological polar surface area (TPSA) is 86.8 Å². The summed E-state index contributed by atoms with van der Waals surface area (Å²) in [5, 5.41) is 3.76. The molecule has 0 aliphatic carbocycles. The highest BCUT2D eigenvalue weighted by Crippen LogP contribution is 2.26. The van der Waals surface area contributed by atoms with Crippen molar-refractivity contribution in [1.82, 2.24) is 15.1 Å². The minimum Gasteiger partial charge on any atom is -0.354 e. The van der Waals surface area contributed by atoms with Crippen molar-refractivity contribution in [3.05, 3.63) is 70.2 Å². The zero-order chi connectivity index (χ0) is 25.0. The van der Waals surface area contributed by atoms with Crippen LogP contribution in [0.3, 0.4) is 0 Å². The average Bonchev–Trinajstić information content (AvgIpc) is 3.14. The number of fused-ring (bicyclic) bond motifs is 1. The fourth-order valence-corrected chi connectivity index (χ4v) is 5.75. The lowest BCUT2D eigenvalue weighted by Crippen LogP contribution is -2.49. The zero-order valence-corrected chi connectivity index (χ0v) is 21.5. The molecule has 4 rings (SSSR count). The first kappa shape index (κ1) is 25.7. The van der Waals surface area contributed by atoms with Crippen molar-refractivity contribution in [2.75, 3.05) is 31.6 Å². The molecule has 0 aromatic heterocycles. The standard InChI is InChI=1S/C26H32ClN3O4S/c1-35(33,34)14-11-24(30-18-21-6-2-3-8-23(21)26(30)32)25(31)28-16-19-9-12-29(13-10-19)17-20-5-4-7-22(27)15-20/h2-8,15,19,24H,9-14,16-18H2,1H3,(H,28,31)/t24-/m1/s1.